The molecule has 3 heterocycles. The van der Waals surface area contributed by atoms with Crippen molar-refractivity contribution in [2.75, 3.05) is 13.2 Å². The molecular weight excluding hydrogens is 452 g/mol. The summed E-state index contributed by atoms with van der Waals surface area (Å²) in [6.45, 7) is 5.94. The number of rotatable bonds is 7. The number of halogens is 2. The number of nitrogens with zero attached hydrogens (tertiary/aromatic N) is 5. The highest BCUT2D eigenvalue weighted by molar-refractivity contribution is 7.91. The van der Waals surface area contributed by atoms with Crippen LogP contribution in [0, 0.1) is 18.6 Å². The molecule has 0 aliphatic carbocycles. The average Bonchev–Trinajstić information content (AvgIpc) is 3.43. The van der Waals surface area contributed by atoms with E-state index in [4.69, 9.17) is 4.74 Å². The van der Waals surface area contributed by atoms with E-state index in [0.717, 1.165) is 17.7 Å². The molecule has 0 bridgehead atoms. The highest BCUT2D eigenvalue weighted by atomic mass is 32.2. The average molecular weight is 478 g/mol. The predicted octanol–water partition coefficient (Wildman–Crippen LogP) is 3.25. The highest BCUT2D eigenvalue weighted by Gasteiger charge is 2.34. The van der Waals surface area contributed by atoms with E-state index in [2.05, 4.69) is 20.2 Å². The molecule has 0 saturated carbocycles. The van der Waals surface area contributed by atoms with Crippen LogP contribution in [0.25, 0.3) is 5.69 Å². The third-order valence-electron chi connectivity index (χ3n) is 6.02. The van der Waals surface area contributed by atoms with Crippen molar-refractivity contribution in [2.24, 2.45) is 0 Å². The molecule has 0 amide bonds. The van der Waals surface area contributed by atoms with Crippen LogP contribution in [0.2, 0.25) is 0 Å². The molecule has 4 rings (SSSR count). The van der Waals surface area contributed by atoms with Gasteiger partial charge in [0.2, 0.25) is 0 Å². The molecule has 11 heteroatoms. The van der Waals surface area contributed by atoms with Gasteiger partial charge in [-0.25, -0.2) is 27.2 Å². The molecule has 1 aromatic carbocycles. The molecule has 2 aromatic heterocycles. The van der Waals surface area contributed by atoms with Crippen LogP contribution in [0.1, 0.15) is 55.1 Å². The van der Waals surface area contributed by atoms with Crippen LogP contribution in [0.4, 0.5) is 8.78 Å². The second-order valence-corrected chi connectivity index (χ2v) is 10.7. The van der Waals surface area contributed by atoms with E-state index in [1.54, 1.807) is 26.2 Å². The summed E-state index contributed by atoms with van der Waals surface area (Å²) in [6.07, 6.45) is 3.86. The van der Waals surface area contributed by atoms with Gasteiger partial charge in [-0.3, -0.25) is 4.57 Å². The molecule has 1 aliphatic heterocycles. The smallest absolute Gasteiger partial charge is 0.160 e. The van der Waals surface area contributed by atoms with Gasteiger partial charge >= 0.3 is 0 Å². The van der Waals surface area contributed by atoms with Crippen molar-refractivity contribution in [2.45, 2.75) is 50.0 Å². The van der Waals surface area contributed by atoms with E-state index in [1.165, 1.54) is 10.6 Å². The van der Waals surface area contributed by atoms with Crippen LogP contribution in [-0.4, -0.2) is 51.6 Å². The van der Waals surface area contributed by atoms with Gasteiger partial charge < -0.3 is 4.74 Å². The minimum atomic E-state index is -3.82. The van der Waals surface area contributed by atoms with Gasteiger partial charge in [-0.1, -0.05) is 13.0 Å². The Labute approximate surface area is 191 Å². The van der Waals surface area contributed by atoms with E-state index in [0.29, 0.717) is 25.5 Å². The summed E-state index contributed by atoms with van der Waals surface area (Å²) in [5, 5.41) is 7.30. The van der Waals surface area contributed by atoms with E-state index >= 15 is 0 Å². The van der Waals surface area contributed by atoms with Crippen LogP contribution in [0.3, 0.4) is 0 Å². The standard InChI is InChI=1S/C22H25F2N5O3S/c1-13-9-25-21(26-10-13)14(2)15(3)33(30,31)12-19-27-28-22(16-7-8-32-11-16)29(19)20-17(23)5-4-6-18(20)24/h4-6,9-10,14-16H,7-8,11-12H2,1-3H3/t14-,15-,16+/m0/s1. The molecule has 1 aliphatic rings. The Kier molecular flexibility index (Phi) is 6.53. The van der Waals surface area contributed by atoms with Gasteiger partial charge in [0.1, 0.15) is 34.7 Å². The third kappa shape index (κ3) is 4.65. The Morgan fingerprint density at radius 1 is 1.15 bits per heavy atom. The molecule has 1 fully saturated rings. The highest BCUT2D eigenvalue weighted by Crippen LogP contribution is 2.31. The van der Waals surface area contributed by atoms with Crippen molar-refractivity contribution in [3.05, 3.63) is 65.3 Å². The Bertz CT molecular complexity index is 1220. The van der Waals surface area contributed by atoms with Crippen LogP contribution in [0.5, 0.6) is 0 Å². The summed E-state index contributed by atoms with van der Waals surface area (Å²) in [5.74, 6) is -2.31. The summed E-state index contributed by atoms with van der Waals surface area (Å²) >= 11 is 0. The first-order valence-electron chi connectivity index (χ1n) is 10.7. The largest absolute Gasteiger partial charge is 0.381 e. The number of aromatic nitrogens is 5. The van der Waals surface area contributed by atoms with Gasteiger partial charge in [0, 0.05) is 30.8 Å². The van der Waals surface area contributed by atoms with Crippen LogP contribution < -0.4 is 0 Å². The van der Waals surface area contributed by atoms with Gasteiger partial charge in [-0.2, -0.15) is 0 Å². The number of hydrogen-bond acceptors (Lipinski definition) is 7. The minimum Gasteiger partial charge on any atom is -0.381 e. The molecule has 1 saturated heterocycles. The monoisotopic (exact) mass is 477 g/mol. The topological polar surface area (TPSA) is 99.9 Å². The van der Waals surface area contributed by atoms with Crippen molar-refractivity contribution in [3.8, 4) is 5.69 Å². The summed E-state index contributed by atoms with van der Waals surface area (Å²) in [4.78, 5) is 8.49. The van der Waals surface area contributed by atoms with E-state index < -0.39 is 44.1 Å². The van der Waals surface area contributed by atoms with Crippen LogP contribution in [-0.2, 0) is 20.3 Å². The Morgan fingerprint density at radius 3 is 2.42 bits per heavy atom. The summed E-state index contributed by atoms with van der Waals surface area (Å²) in [5.41, 5.74) is 0.474. The number of hydrogen-bond donors (Lipinski definition) is 0. The molecule has 3 aromatic rings. The molecular formula is C22H25F2N5O3S. The van der Waals surface area contributed by atoms with Crippen LogP contribution in [0.15, 0.2) is 30.6 Å². The number of ether oxygens (including phenoxy) is 1. The second-order valence-electron chi connectivity index (χ2n) is 8.36. The van der Waals surface area contributed by atoms with E-state index in [1.807, 2.05) is 6.92 Å². The molecule has 0 spiro atoms. The lowest BCUT2D eigenvalue weighted by atomic mass is 10.1. The molecule has 0 radical (unpaired) electrons. The zero-order valence-corrected chi connectivity index (χ0v) is 19.4. The number of benzene rings is 1. The Hall–Kier alpha value is -2.79. The van der Waals surface area contributed by atoms with E-state index in [-0.39, 0.29) is 17.6 Å². The van der Waals surface area contributed by atoms with Crippen molar-refractivity contribution in [1.29, 1.82) is 0 Å². The lowest BCUT2D eigenvalue weighted by Gasteiger charge is -2.20. The number of aryl methyl sites for hydroxylation is 1. The zero-order valence-electron chi connectivity index (χ0n) is 18.6. The first kappa shape index (κ1) is 23.4. The first-order valence-corrected chi connectivity index (χ1v) is 12.4. The quantitative estimate of drug-likeness (QED) is 0.515. The fourth-order valence-electron chi connectivity index (χ4n) is 3.84. The summed E-state index contributed by atoms with van der Waals surface area (Å²) < 4.78 is 62.7. The predicted molar refractivity (Wildman–Crippen MR) is 117 cm³/mol. The molecule has 0 N–H and O–H groups in total. The van der Waals surface area contributed by atoms with Crippen molar-refractivity contribution in [3.63, 3.8) is 0 Å². The number of sulfone groups is 1. The fraction of sp³-hybridized carbons (Fsp3) is 0.455. The molecule has 8 nitrogen and oxygen atoms in total. The van der Waals surface area contributed by atoms with Gasteiger partial charge in [0.15, 0.2) is 15.7 Å². The molecule has 176 valence electrons. The molecule has 3 atom stereocenters. The van der Waals surface area contributed by atoms with Crippen LogP contribution >= 0.6 is 0 Å². The normalized spacial score (nSPS) is 18.4. The first-order chi connectivity index (χ1) is 15.7. The lowest BCUT2D eigenvalue weighted by molar-refractivity contribution is 0.193. The zero-order chi connectivity index (χ0) is 23.8. The van der Waals surface area contributed by atoms with Gasteiger partial charge in [-0.15, -0.1) is 10.2 Å². The van der Waals surface area contributed by atoms with Crippen molar-refractivity contribution < 1.29 is 21.9 Å². The Morgan fingerprint density at radius 2 is 1.82 bits per heavy atom. The van der Waals surface area contributed by atoms with Gasteiger partial charge in [-0.05, 0) is 38.0 Å². The summed E-state index contributed by atoms with van der Waals surface area (Å²) in [6, 6.07) is 3.48. The van der Waals surface area contributed by atoms with E-state index in [9.17, 15) is 17.2 Å². The number of para-hydroxylation sites is 1. The minimum absolute atomic E-state index is 0.0511. The second kappa shape index (κ2) is 9.22. The molecule has 33 heavy (non-hydrogen) atoms. The molecule has 0 unspecified atom stereocenters. The SMILES string of the molecule is Cc1cnc([C@@H](C)[C@H](C)S(=O)(=O)Cc2nnc([C@@H]3CCOC3)n2-c2c(F)cccc2F)nc1. The fourth-order valence-corrected chi connectivity index (χ4v) is 5.40. The van der Waals surface area contributed by atoms with Crippen molar-refractivity contribution in [1.82, 2.24) is 24.7 Å². The summed E-state index contributed by atoms with van der Waals surface area (Å²) in [7, 11) is -3.82. The third-order valence-corrected chi connectivity index (χ3v) is 8.22. The van der Waals surface area contributed by atoms with Crippen molar-refractivity contribution >= 4 is 9.84 Å². The maximum Gasteiger partial charge on any atom is 0.160 e. The maximum absolute atomic E-state index is 14.7. The Balaban J connectivity index is 1.72. The van der Waals surface area contributed by atoms with Gasteiger partial charge in [0.25, 0.3) is 0 Å². The van der Waals surface area contributed by atoms with Gasteiger partial charge in [0.05, 0.1) is 11.9 Å². The lowest BCUT2D eigenvalue weighted by Crippen LogP contribution is -2.28. The maximum atomic E-state index is 14.7.